The number of nitrogens with one attached hydrogen (secondary N) is 1. The first-order valence-corrected chi connectivity index (χ1v) is 7.88. The molecule has 1 aromatic heterocycles. The van der Waals surface area contributed by atoms with E-state index < -0.39 is 6.04 Å². The lowest BCUT2D eigenvalue weighted by atomic mass is 10.1. The van der Waals surface area contributed by atoms with Crippen LogP contribution in [0.5, 0.6) is 0 Å². The summed E-state index contributed by atoms with van der Waals surface area (Å²) in [6, 6.07) is 9.28. The number of aromatic nitrogens is 1. The Morgan fingerprint density at radius 1 is 1.33 bits per heavy atom. The zero-order valence-electron chi connectivity index (χ0n) is 11.7. The molecule has 114 valence electrons. The van der Waals surface area contributed by atoms with Crippen LogP contribution in [-0.4, -0.2) is 16.9 Å². The number of rotatable bonds is 4. The van der Waals surface area contributed by atoms with Gasteiger partial charge in [-0.25, -0.2) is 4.98 Å². The average molecular weight is 391 g/mol. The van der Waals surface area contributed by atoms with Gasteiger partial charge in [-0.15, -0.1) is 12.4 Å². The van der Waals surface area contributed by atoms with Crippen LogP contribution in [0.25, 0.3) is 11.3 Å². The average Bonchev–Trinajstić information content (AvgIpc) is 2.79. The Morgan fingerprint density at radius 3 is 2.52 bits per heavy atom. The number of carbonyl (C=O) groups excluding carboxylic acids is 1. The minimum atomic E-state index is -0.530. The van der Waals surface area contributed by atoms with Gasteiger partial charge in [-0.2, -0.15) is 0 Å². The summed E-state index contributed by atoms with van der Waals surface area (Å²) in [4.78, 5) is 16.4. The van der Waals surface area contributed by atoms with Gasteiger partial charge in [0.15, 0.2) is 5.13 Å². The minimum absolute atomic E-state index is 0. The van der Waals surface area contributed by atoms with E-state index >= 15 is 0 Å². The predicted molar refractivity (Wildman–Crippen MR) is 93.9 cm³/mol. The second-order valence-corrected chi connectivity index (χ2v) is 7.08. The zero-order chi connectivity index (χ0) is 14.7. The smallest absolute Gasteiger partial charge is 0.243 e. The van der Waals surface area contributed by atoms with Crippen LogP contribution < -0.4 is 11.1 Å². The van der Waals surface area contributed by atoms with Gasteiger partial charge in [0.2, 0.25) is 5.91 Å². The van der Waals surface area contributed by atoms with Crippen molar-refractivity contribution in [2.45, 2.75) is 19.9 Å². The molecule has 0 spiro atoms. The number of anilines is 1. The molecule has 0 aliphatic heterocycles. The Labute approximate surface area is 142 Å². The Kier molecular flexibility index (Phi) is 6.80. The topological polar surface area (TPSA) is 68.0 Å². The van der Waals surface area contributed by atoms with E-state index in [4.69, 9.17) is 5.73 Å². The molecule has 1 amide bonds. The second kappa shape index (κ2) is 7.89. The van der Waals surface area contributed by atoms with E-state index in [0.29, 0.717) is 5.13 Å². The number of carbonyl (C=O) groups is 1. The Morgan fingerprint density at radius 2 is 1.95 bits per heavy atom. The molecule has 1 aromatic carbocycles. The number of benzene rings is 1. The summed E-state index contributed by atoms with van der Waals surface area (Å²) in [5.41, 5.74) is 7.64. The third-order valence-electron chi connectivity index (χ3n) is 2.88. The van der Waals surface area contributed by atoms with Crippen LogP contribution in [0.15, 0.2) is 34.1 Å². The molecule has 1 atom stereocenters. The van der Waals surface area contributed by atoms with Gasteiger partial charge in [-0.3, -0.25) is 4.79 Å². The summed E-state index contributed by atoms with van der Waals surface area (Å²) in [6.07, 6.45) is 0. The molecule has 0 radical (unpaired) electrons. The van der Waals surface area contributed by atoms with E-state index in [0.717, 1.165) is 15.0 Å². The maximum Gasteiger partial charge on any atom is 0.243 e. The van der Waals surface area contributed by atoms with Crippen molar-refractivity contribution >= 4 is 50.7 Å². The highest BCUT2D eigenvalue weighted by molar-refractivity contribution is 9.11. The van der Waals surface area contributed by atoms with Gasteiger partial charge in [-0.05, 0) is 21.8 Å². The number of amides is 1. The summed E-state index contributed by atoms with van der Waals surface area (Å²) in [5.74, 6) is -0.118. The molecule has 4 nitrogen and oxygen atoms in total. The number of thiazole rings is 1. The van der Waals surface area contributed by atoms with Gasteiger partial charge in [0.1, 0.15) is 0 Å². The third-order valence-corrected chi connectivity index (χ3v) is 4.50. The van der Waals surface area contributed by atoms with Gasteiger partial charge in [-0.1, -0.05) is 55.5 Å². The lowest BCUT2D eigenvalue weighted by Crippen LogP contribution is -2.39. The lowest BCUT2D eigenvalue weighted by molar-refractivity contribution is -0.118. The van der Waals surface area contributed by atoms with Crippen molar-refractivity contribution in [2.24, 2.45) is 11.7 Å². The van der Waals surface area contributed by atoms with Crippen LogP contribution in [0.2, 0.25) is 0 Å². The largest absolute Gasteiger partial charge is 0.320 e. The molecule has 0 fully saturated rings. The molecule has 2 aromatic rings. The maximum absolute atomic E-state index is 11.9. The highest BCUT2D eigenvalue weighted by Gasteiger charge is 2.19. The molecule has 1 heterocycles. The number of halogens is 2. The van der Waals surface area contributed by atoms with E-state index in [1.807, 2.05) is 44.2 Å². The van der Waals surface area contributed by atoms with Gasteiger partial charge >= 0.3 is 0 Å². The number of nitrogens with two attached hydrogens (primary N) is 1. The summed E-state index contributed by atoms with van der Waals surface area (Å²) in [6.45, 7) is 3.83. The predicted octanol–water partition coefficient (Wildman–Crippen LogP) is 3.92. The minimum Gasteiger partial charge on any atom is -0.320 e. The molecule has 2 rings (SSSR count). The summed E-state index contributed by atoms with van der Waals surface area (Å²) >= 11 is 4.87. The SMILES string of the molecule is CC(C)[C@H](N)C(=O)Nc1nc(-c2ccccc2)c(Br)s1.Cl. The van der Waals surface area contributed by atoms with Crippen molar-refractivity contribution in [3.8, 4) is 11.3 Å². The van der Waals surface area contributed by atoms with Crippen molar-refractivity contribution < 1.29 is 4.79 Å². The van der Waals surface area contributed by atoms with Crippen LogP contribution in [0.4, 0.5) is 5.13 Å². The molecular weight excluding hydrogens is 374 g/mol. The summed E-state index contributed by atoms with van der Waals surface area (Å²) < 4.78 is 0.886. The highest BCUT2D eigenvalue weighted by atomic mass is 79.9. The van der Waals surface area contributed by atoms with E-state index in [1.165, 1.54) is 11.3 Å². The van der Waals surface area contributed by atoms with Crippen LogP contribution >= 0.6 is 39.7 Å². The molecule has 0 aliphatic carbocycles. The monoisotopic (exact) mass is 389 g/mol. The van der Waals surface area contributed by atoms with Crippen molar-refractivity contribution in [3.63, 3.8) is 0 Å². The summed E-state index contributed by atoms with van der Waals surface area (Å²) in [7, 11) is 0. The third kappa shape index (κ3) is 4.51. The van der Waals surface area contributed by atoms with Crippen molar-refractivity contribution in [3.05, 3.63) is 34.1 Å². The lowest BCUT2D eigenvalue weighted by Gasteiger charge is -2.13. The Balaban J connectivity index is 0.00000220. The molecule has 7 heteroatoms. The van der Waals surface area contributed by atoms with E-state index in [9.17, 15) is 4.79 Å². The fourth-order valence-corrected chi connectivity index (χ4v) is 3.12. The van der Waals surface area contributed by atoms with Crippen LogP contribution in [0, 0.1) is 5.92 Å². The van der Waals surface area contributed by atoms with Crippen LogP contribution in [-0.2, 0) is 4.79 Å². The molecule has 0 saturated carbocycles. The molecular formula is C14H17BrClN3OS. The van der Waals surface area contributed by atoms with Crippen molar-refractivity contribution in [1.82, 2.24) is 4.98 Å². The molecule has 21 heavy (non-hydrogen) atoms. The Bertz CT molecular complexity index is 604. The van der Waals surface area contributed by atoms with Gasteiger partial charge < -0.3 is 11.1 Å². The van der Waals surface area contributed by atoms with Crippen molar-refractivity contribution in [2.75, 3.05) is 5.32 Å². The van der Waals surface area contributed by atoms with Gasteiger partial charge in [0, 0.05) is 5.56 Å². The molecule has 0 aliphatic rings. The first-order chi connectivity index (χ1) is 9.49. The Hall–Kier alpha value is -0.950. The van der Waals surface area contributed by atoms with Crippen molar-refractivity contribution in [1.29, 1.82) is 0 Å². The van der Waals surface area contributed by atoms with Gasteiger partial charge in [0.05, 0.1) is 15.5 Å². The molecule has 0 unspecified atom stereocenters. The van der Waals surface area contributed by atoms with Gasteiger partial charge in [0.25, 0.3) is 0 Å². The highest BCUT2D eigenvalue weighted by Crippen LogP contribution is 2.35. The fourth-order valence-electron chi connectivity index (χ4n) is 1.62. The van der Waals surface area contributed by atoms with E-state index in [2.05, 4.69) is 26.2 Å². The zero-order valence-corrected chi connectivity index (χ0v) is 14.9. The summed E-state index contributed by atoms with van der Waals surface area (Å²) in [5, 5.41) is 3.32. The second-order valence-electron chi connectivity index (χ2n) is 4.77. The number of hydrogen-bond donors (Lipinski definition) is 2. The van der Waals surface area contributed by atoms with E-state index in [-0.39, 0.29) is 24.2 Å². The first-order valence-electron chi connectivity index (χ1n) is 6.27. The molecule has 3 N–H and O–H groups in total. The quantitative estimate of drug-likeness (QED) is 0.831. The number of nitrogens with zero attached hydrogens (tertiary/aromatic N) is 1. The standard InChI is InChI=1S/C14H16BrN3OS.ClH/c1-8(2)10(16)13(19)18-14-17-11(12(15)20-14)9-6-4-3-5-7-9;/h3-8,10H,16H2,1-2H3,(H,17,18,19);1H/t10-;/m0./s1. The molecule has 0 bridgehead atoms. The molecule has 0 saturated heterocycles. The normalized spacial score (nSPS) is 11.9. The van der Waals surface area contributed by atoms with Crippen LogP contribution in [0.1, 0.15) is 13.8 Å². The fraction of sp³-hybridized carbons (Fsp3) is 0.286. The van der Waals surface area contributed by atoms with Crippen LogP contribution in [0.3, 0.4) is 0 Å². The maximum atomic E-state index is 11.9. The first kappa shape index (κ1) is 18.1. The van der Waals surface area contributed by atoms with E-state index in [1.54, 1.807) is 0 Å². The number of hydrogen-bond acceptors (Lipinski definition) is 4.